The fourth-order valence-corrected chi connectivity index (χ4v) is 2.99. The maximum absolute atomic E-state index is 12.0. The number of nitrogens with one attached hydrogen (secondary N) is 1. The molecule has 3 aromatic carbocycles. The molecule has 7 heteroatoms. The Balaban J connectivity index is 1.62. The summed E-state index contributed by atoms with van der Waals surface area (Å²) >= 11 is 11.7. The first-order valence-electron chi connectivity index (χ1n) is 8.32. The van der Waals surface area contributed by atoms with Crippen molar-refractivity contribution in [1.82, 2.24) is 5.43 Å². The van der Waals surface area contributed by atoms with Gasteiger partial charge in [-0.15, -0.1) is 0 Å². The summed E-state index contributed by atoms with van der Waals surface area (Å²) in [6, 6.07) is 20.1. The van der Waals surface area contributed by atoms with Crippen molar-refractivity contribution in [3.05, 3.63) is 82.3 Å². The van der Waals surface area contributed by atoms with Crippen molar-refractivity contribution in [3.8, 4) is 22.6 Å². The molecule has 0 radical (unpaired) electrons. The first-order chi connectivity index (χ1) is 13.5. The number of halogens is 2. The van der Waals surface area contributed by atoms with Crippen molar-refractivity contribution >= 4 is 35.3 Å². The van der Waals surface area contributed by atoms with E-state index in [9.17, 15) is 9.90 Å². The quantitative estimate of drug-likeness (QED) is 0.445. The van der Waals surface area contributed by atoms with Crippen LogP contribution in [0.3, 0.4) is 0 Å². The van der Waals surface area contributed by atoms with Crippen LogP contribution in [-0.2, 0) is 4.79 Å². The second-order valence-electron chi connectivity index (χ2n) is 5.77. The molecule has 28 heavy (non-hydrogen) atoms. The van der Waals surface area contributed by atoms with Gasteiger partial charge in [-0.05, 0) is 23.8 Å². The van der Waals surface area contributed by atoms with Crippen LogP contribution < -0.4 is 10.2 Å². The van der Waals surface area contributed by atoms with E-state index in [1.165, 1.54) is 18.3 Å². The van der Waals surface area contributed by atoms with E-state index >= 15 is 0 Å². The van der Waals surface area contributed by atoms with Gasteiger partial charge < -0.3 is 9.84 Å². The van der Waals surface area contributed by atoms with Gasteiger partial charge in [0, 0.05) is 16.1 Å². The monoisotopic (exact) mass is 414 g/mol. The van der Waals surface area contributed by atoms with Crippen molar-refractivity contribution in [1.29, 1.82) is 0 Å². The van der Waals surface area contributed by atoms with E-state index in [0.717, 1.165) is 11.1 Å². The molecule has 0 aliphatic rings. The third-order valence-electron chi connectivity index (χ3n) is 3.78. The molecule has 5 nitrogen and oxygen atoms in total. The third-order valence-corrected chi connectivity index (χ3v) is 4.29. The summed E-state index contributed by atoms with van der Waals surface area (Å²) in [5.74, 6) is -0.0315. The normalized spacial score (nSPS) is 10.8. The molecule has 0 saturated carbocycles. The molecule has 0 spiro atoms. The van der Waals surface area contributed by atoms with Gasteiger partial charge in [0.15, 0.2) is 6.61 Å². The zero-order valence-electron chi connectivity index (χ0n) is 14.6. The standard InChI is InChI=1S/C21H16Cl2N2O3/c22-16-10-15(21(27)18(23)11-16)12-24-25-20(26)13-28-19-9-5-4-8-17(19)14-6-2-1-3-7-14/h1-12,27H,13H2,(H,25,26). The van der Waals surface area contributed by atoms with E-state index in [1.807, 2.05) is 48.5 Å². The van der Waals surface area contributed by atoms with Crippen LogP contribution in [0, 0.1) is 0 Å². The number of para-hydroxylation sites is 1. The number of amides is 1. The zero-order chi connectivity index (χ0) is 19.9. The Kier molecular flexibility index (Phi) is 6.53. The van der Waals surface area contributed by atoms with Gasteiger partial charge in [-0.1, -0.05) is 71.7 Å². The van der Waals surface area contributed by atoms with E-state index in [2.05, 4.69) is 10.5 Å². The average Bonchev–Trinajstić information content (AvgIpc) is 2.71. The highest BCUT2D eigenvalue weighted by molar-refractivity contribution is 6.36. The molecule has 0 unspecified atom stereocenters. The second kappa shape index (κ2) is 9.26. The Labute approximate surface area is 172 Å². The summed E-state index contributed by atoms with van der Waals surface area (Å²) in [5.41, 5.74) is 4.50. The molecule has 0 aliphatic carbocycles. The number of carbonyl (C=O) groups excluding carboxylic acids is 1. The largest absolute Gasteiger partial charge is 0.506 e. The highest BCUT2D eigenvalue weighted by Crippen LogP contribution is 2.30. The fraction of sp³-hybridized carbons (Fsp3) is 0.0476. The number of ether oxygens (including phenoxy) is 1. The van der Waals surface area contributed by atoms with Gasteiger partial charge in [-0.25, -0.2) is 5.43 Å². The predicted molar refractivity (Wildman–Crippen MR) is 111 cm³/mol. The van der Waals surface area contributed by atoms with Crippen LogP contribution in [0.5, 0.6) is 11.5 Å². The molecule has 1 amide bonds. The third kappa shape index (κ3) is 5.03. The number of carbonyl (C=O) groups is 1. The molecule has 142 valence electrons. The van der Waals surface area contributed by atoms with Crippen molar-refractivity contribution in [2.24, 2.45) is 5.10 Å². The summed E-state index contributed by atoms with van der Waals surface area (Å²) in [6.45, 7) is -0.219. The summed E-state index contributed by atoms with van der Waals surface area (Å²) in [6.07, 6.45) is 1.25. The summed E-state index contributed by atoms with van der Waals surface area (Å²) in [4.78, 5) is 12.0. The van der Waals surface area contributed by atoms with E-state index in [4.69, 9.17) is 27.9 Å². The minimum absolute atomic E-state index is 0.0983. The first-order valence-corrected chi connectivity index (χ1v) is 9.07. The summed E-state index contributed by atoms with van der Waals surface area (Å²) < 4.78 is 5.64. The van der Waals surface area contributed by atoms with Crippen LogP contribution in [0.1, 0.15) is 5.56 Å². The van der Waals surface area contributed by atoms with E-state index in [0.29, 0.717) is 10.8 Å². The number of hydrogen-bond acceptors (Lipinski definition) is 4. The molecule has 0 heterocycles. The van der Waals surface area contributed by atoms with Crippen molar-refractivity contribution in [2.75, 3.05) is 6.61 Å². The Morgan fingerprint density at radius 2 is 1.79 bits per heavy atom. The number of benzene rings is 3. The topological polar surface area (TPSA) is 70.9 Å². The van der Waals surface area contributed by atoms with Gasteiger partial charge in [0.1, 0.15) is 11.5 Å². The number of hydrazone groups is 1. The molecule has 3 rings (SSSR count). The predicted octanol–water partition coefficient (Wildman–Crippen LogP) is 4.90. The van der Waals surface area contributed by atoms with Crippen LogP contribution >= 0.6 is 23.2 Å². The Morgan fingerprint density at radius 1 is 1.07 bits per heavy atom. The number of nitrogens with zero attached hydrogens (tertiary/aromatic N) is 1. The lowest BCUT2D eigenvalue weighted by Crippen LogP contribution is -2.24. The van der Waals surface area contributed by atoms with E-state index in [1.54, 1.807) is 6.07 Å². The van der Waals surface area contributed by atoms with E-state index < -0.39 is 5.91 Å². The number of aromatic hydroxyl groups is 1. The van der Waals surface area contributed by atoms with Crippen molar-refractivity contribution in [2.45, 2.75) is 0 Å². The maximum Gasteiger partial charge on any atom is 0.277 e. The van der Waals surface area contributed by atoms with Crippen LogP contribution in [0.15, 0.2) is 71.8 Å². The number of rotatable bonds is 6. The minimum atomic E-state index is -0.452. The van der Waals surface area contributed by atoms with Crippen LogP contribution in [0.25, 0.3) is 11.1 Å². The fourth-order valence-electron chi connectivity index (χ4n) is 2.48. The van der Waals surface area contributed by atoms with Crippen LogP contribution in [0.2, 0.25) is 10.0 Å². The van der Waals surface area contributed by atoms with Crippen molar-refractivity contribution in [3.63, 3.8) is 0 Å². The highest BCUT2D eigenvalue weighted by Gasteiger charge is 2.09. The van der Waals surface area contributed by atoms with Gasteiger partial charge in [0.25, 0.3) is 5.91 Å². The molecule has 0 fully saturated rings. The average molecular weight is 415 g/mol. The van der Waals surface area contributed by atoms with E-state index in [-0.39, 0.29) is 22.9 Å². The first kappa shape index (κ1) is 19.7. The van der Waals surface area contributed by atoms with Gasteiger partial charge in [0.2, 0.25) is 0 Å². The molecule has 0 aromatic heterocycles. The molecule has 0 saturated heterocycles. The van der Waals surface area contributed by atoms with Crippen LogP contribution in [-0.4, -0.2) is 23.8 Å². The molecule has 0 bridgehead atoms. The van der Waals surface area contributed by atoms with Crippen LogP contribution in [0.4, 0.5) is 0 Å². The van der Waals surface area contributed by atoms with Gasteiger partial charge in [-0.2, -0.15) is 5.10 Å². The highest BCUT2D eigenvalue weighted by atomic mass is 35.5. The SMILES string of the molecule is O=C(COc1ccccc1-c1ccccc1)NN=Cc1cc(Cl)cc(Cl)c1O. The molecule has 2 N–H and O–H groups in total. The molecular weight excluding hydrogens is 399 g/mol. The Hall–Kier alpha value is -3.02. The Bertz CT molecular complexity index is 1010. The second-order valence-corrected chi connectivity index (χ2v) is 6.61. The minimum Gasteiger partial charge on any atom is -0.506 e. The zero-order valence-corrected chi connectivity index (χ0v) is 16.1. The molecule has 3 aromatic rings. The van der Waals surface area contributed by atoms with Crippen molar-refractivity contribution < 1.29 is 14.6 Å². The molecule has 0 aliphatic heterocycles. The lowest BCUT2D eigenvalue weighted by Gasteiger charge is -2.11. The van der Waals surface area contributed by atoms with Gasteiger partial charge in [0.05, 0.1) is 11.2 Å². The molecular formula is C21H16Cl2N2O3. The Morgan fingerprint density at radius 3 is 2.57 bits per heavy atom. The number of phenols is 1. The summed E-state index contributed by atoms with van der Waals surface area (Å²) in [7, 11) is 0. The summed E-state index contributed by atoms with van der Waals surface area (Å²) in [5, 5.41) is 14.1. The van der Waals surface area contributed by atoms with Gasteiger partial charge in [-0.3, -0.25) is 4.79 Å². The smallest absolute Gasteiger partial charge is 0.277 e. The molecule has 0 atom stereocenters. The maximum atomic E-state index is 12.0. The lowest BCUT2D eigenvalue weighted by molar-refractivity contribution is -0.123. The number of phenolic OH excluding ortho intramolecular Hbond substituents is 1. The number of hydrogen-bond donors (Lipinski definition) is 2. The van der Waals surface area contributed by atoms with Gasteiger partial charge >= 0.3 is 0 Å². The lowest BCUT2D eigenvalue weighted by atomic mass is 10.1.